The number of hydrogen-bond donors (Lipinski definition) is 2. The van der Waals surface area contributed by atoms with Crippen LogP contribution in [0.4, 0.5) is 0 Å². The molecule has 0 saturated heterocycles. The van der Waals surface area contributed by atoms with Gasteiger partial charge in [0, 0.05) is 11.9 Å². The van der Waals surface area contributed by atoms with Gasteiger partial charge in [0.25, 0.3) is 0 Å². The molecule has 0 aliphatic carbocycles. The van der Waals surface area contributed by atoms with Gasteiger partial charge < -0.3 is 10.4 Å². The fourth-order valence-electron chi connectivity index (χ4n) is 0.763. The molecule has 70 valence electrons. The van der Waals surface area contributed by atoms with Gasteiger partial charge in [0.2, 0.25) is 5.91 Å². The maximum Gasteiger partial charge on any atom is 0.230 e. The van der Waals surface area contributed by atoms with Gasteiger partial charge >= 0.3 is 0 Å². The molecule has 1 aromatic carbocycles. The van der Waals surface area contributed by atoms with Crippen LogP contribution in [0.1, 0.15) is 0 Å². The number of carbonyl (C=O) groups excluding carboxylic acids is 1. The Morgan fingerprint density at radius 1 is 1.46 bits per heavy atom. The van der Waals surface area contributed by atoms with Gasteiger partial charge in [-0.1, -0.05) is 0 Å². The molecule has 0 radical (unpaired) electrons. The smallest absolute Gasteiger partial charge is 0.230 e. The van der Waals surface area contributed by atoms with Crippen molar-refractivity contribution in [2.75, 3.05) is 12.8 Å². The van der Waals surface area contributed by atoms with Crippen LogP contribution in [0.5, 0.6) is 5.75 Å². The number of aromatic hydroxyl groups is 1. The van der Waals surface area contributed by atoms with Gasteiger partial charge in [-0.2, -0.15) is 0 Å². The predicted molar refractivity (Wildman–Crippen MR) is 52.9 cm³/mol. The molecule has 0 spiro atoms. The lowest BCUT2D eigenvalue weighted by atomic mass is 10.3. The predicted octanol–water partition coefficient (Wildman–Crippen LogP) is 1.23. The summed E-state index contributed by atoms with van der Waals surface area (Å²) in [4.78, 5) is 11.8. The zero-order chi connectivity index (χ0) is 9.68. The van der Waals surface area contributed by atoms with Crippen molar-refractivity contribution >= 4 is 17.7 Å². The van der Waals surface area contributed by atoms with Crippen LogP contribution in [0.2, 0.25) is 0 Å². The van der Waals surface area contributed by atoms with Gasteiger partial charge in [0.15, 0.2) is 0 Å². The average Bonchev–Trinajstić information content (AvgIpc) is 2.16. The fraction of sp³-hybridized carbons (Fsp3) is 0.222. The highest BCUT2D eigenvalue weighted by Crippen LogP contribution is 2.19. The summed E-state index contributed by atoms with van der Waals surface area (Å²) in [6.07, 6.45) is 0. The van der Waals surface area contributed by atoms with Gasteiger partial charge in [-0.25, -0.2) is 0 Å². The SMILES string of the molecule is CNC(=O)CSc1ccc(O)cc1. The molecule has 0 fully saturated rings. The zero-order valence-electron chi connectivity index (χ0n) is 7.28. The minimum atomic E-state index is -0.00178. The van der Waals surface area contributed by atoms with E-state index >= 15 is 0 Å². The number of rotatable bonds is 3. The summed E-state index contributed by atoms with van der Waals surface area (Å²) in [5.41, 5.74) is 0. The molecule has 0 bridgehead atoms. The molecule has 0 aliphatic heterocycles. The summed E-state index contributed by atoms with van der Waals surface area (Å²) < 4.78 is 0. The molecule has 0 heterocycles. The number of carbonyl (C=O) groups is 1. The number of nitrogens with one attached hydrogen (secondary N) is 1. The third-order valence-electron chi connectivity index (χ3n) is 1.49. The highest BCUT2D eigenvalue weighted by Gasteiger charge is 1.99. The lowest BCUT2D eigenvalue weighted by Gasteiger charge is -2.00. The van der Waals surface area contributed by atoms with Crippen LogP contribution in [-0.2, 0) is 4.79 Å². The number of phenolic OH excluding ortho intramolecular Hbond substituents is 1. The van der Waals surface area contributed by atoms with Crippen molar-refractivity contribution in [3.63, 3.8) is 0 Å². The first kappa shape index (κ1) is 9.92. The van der Waals surface area contributed by atoms with Crippen LogP contribution in [0, 0.1) is 0 Å². The van der Waals surface area contributed by atoms with Crippen molar-refractivity contribution in [1.82, 2.24) is 5.32 Å². The summed E-state index contributed by atoms with van der Waals surface area (Å²) in [5, 5.41) is 11.5. The molecule has 1 aromatic rings. The summed E-state index contributed by atoms with van der Waals surface area (Å²) >= 11 is 1.44. The minimum absolute atomic E-state index is 0.00178. The normalized spacial score (nSPS) is 9.62. The van der Waals surface area contributed by atoms with E-state index < -0.39 is 0 Å². The van der Waals surface area contributed by atoms with E-state index in [2.05, 4.69) is 5.32 Å². The van der Waals surface area contributed by atoms with E-state index in [1.54, 1.807) is 31.3 Å². The lowest BCUT2D eigenvalue weighted by Crippen LogP contribution is -2.19. The fourth-order valence-corrected chi connectivity index (χ4v) is 1.53. The van der Waals surface area contributed by atoms with Crippen molar-refractivity contribution in [2.24, 2.45) is 0 Å². The molecule has 4 heteroatoms. The maximum atomic E-state index is 10.9. The van der Waals surface area contributed by atoms with Crippen LogP contribution < -0.4 is 5.32 Å². The molecule has 3 nitrogen and oxygen atoms in total. The number of hydrogen-bond acceptors (Lipinski definition) is 3. The van der Waals surface area contributed by atoms with Crippen LogP contribution in [0.15, 0.2) is 29.2 Å². The molecule has 2 N–H and O–H groups in total. The monoisotopic (exact) mass is 197 g/mol. The first-order valence-electron chi connectivity index (χ1n) is 3.85. The first-order valence-corrected chi connectivity index (χ1v) is 4.83. The molecule has 0 atom stereocenters. The van der Waals surface area contributed by atoms with Gasteiger partial charge in [-0.3, -0.25) is 4.79 Å². The second-order valence-electron chi connectivity index (χ2n) is 2.46. The number of thioether (sulfide) groups is 1. The Hall–Kier alpha value is -1.16. The quantitative estimate of drug-likeness (QED) is 0.716. The van der Waals surface area contributed by atoms with Crippen molar-refractivity contribution < 1.29 is 9.90 Å². The Bertz CT molecular complexity index is 284. The molecule has 0 aromatic heterocycles. The average molecular weight is 197 g/mol. The number of amides is 1. The first-order chi connectivity index (χ1) is 6.22. The summed E-state index contributed by atoms with van der Waals surface area (Å²) in [7, 11) is 1.61. The summed E-state index contributed by atoms with van der Waals surface area (Å²) in [6, 6.07) is 6.77. The standard InChI is InChI=1S/C9H11NO2S/c1-10-9(12)6-13-8-4-2-7(11)3-5-8/h2-5,11H,6H2,1H3,(H,10,12). The van der Waals surface area contributed by atoms with E-state index in [-0.39, 0.29) is 11.7 Å². The third-order valence-corrected chi connectivity index (χ3v) is 2.50. The Kier molecular flexibility index (Phi) is 3.64. The van der Waals surface area contributed by atoms with Gasteiger partial charge in [0.1, 0.15) is 5.75 Å². The van der Waals surface area contributed by atoms with E-state index in [1.165, 1.54) is 11.8 Å². The Morgan fingerprint density at radius 3 is 2.62 bits per heavy atom. The van der Waals surface area contributed by atoms with E-state index in [0.717, 1.165) is 4.90 Å². The molecule has 13 heavy (non-hydrogen) atoms. The molecular formula is C9H11NO2S. The van der Waals surface area contributed by atoms with Gasteiger partial charge in [-0.05, 0) is 24.3 Å². The lowest BCUT2D eigenvalue weighted by molar-refractivity contribution is -0.118. The molecule has 0 aliphatic rings. The Morgan fingerprint density at radius 2 is 2.08 bits per heavy atom. The van der Waals surface area contributed by atoms with Crippen molar-refractivity contribution in [3.8, 4) is 5.75 Å². The zero-order valence-corrected chi connectivity index (χ0v) is 8.10. The number of phenols is 1. The van der Waals surface area contributed by atoms with Crippen LogP contribution in [-0.4, -0.2) is 23.8 Å². The van der Waals surface area contributed by atoms with Crippen LogP contribution in [0.25, 0.3) is 0 Å². The molecule has 0 saturated carbocycles. The highest BCUT2D eigenvalue weighted by molar-refractivity contribution is 8.00. The van der Waals surface area contributed by atoms with Gasteiger partial charge in [-0.15, -0.1) is 11.8 Å². The Labute approximate surface area is 81.2 Å². The molecule has 1 rings (SSSR count). The van der Waals surface area contributed by atoms with E-state index in [4.69, 9.17) is 5.11 Å². The second-order valence-corrected chi connectivity index (χ2v) is 3.50. The van der Waals surface area contributed by atoms with Gasteiger partial charge in [0.05, 0.1) is 5.75 Å². The summed E-state index contributed by atoms with van der Waals surface area (Å²) in [5.74, 6) is 0.642. The van der Waals surface area contributed by atoms with Crippen molar-refractivity contribution in [3.05, 3.63) is 24.3 Å². The van der Waals surface area contributed by atoms with Crippen molar-refractivity contribution in [1.29, 1.82) is 0 Å². The highest BCUT2D eigenvalue weighted by atomic mass is 32.2. The van der Waals surface area contributed by atoms with E-state index in [1.807, 2.05) is 0 Å². The van der Waals surface area contributed by atoms with E-state index in [9.17, 15) is 4.79 Å². The maximum absolute atomic E-state index is 10.9. The summed E-state index contributed by atoms with van der Waals surface area (Å²) in [6.45, 7) is 0. The molecular weight excluding hydrogens is 186 g/mol. The van der Waals surface area contributed by atoms with Crippen LogP contribution >= 0.6 is 11.8 Å². The number of benzene rings is 1. The van der Waals surface area contributed by atoms with E-state index in [0.29, 0.717) is 5.75 Å². The van der Waals surface area contributed by atoms with Crippen LogP contribution in [0.3, 0.4) is 0 Å². The topological polar surface area (TPSA) is 49.3 Å². The minimum Gasteiger partial charge on any atom is -0.508 e. The second kappa shape index (κ2) is 4.77. The largest absolute Gasteiger partial charge is 0.508 e. The Balaban J connectivity index is 2.46. The molecule has 0 unspecified atom stereocenters. The van der Waals surface area contributed by atoms with Crippen molar-refractivity contribution in [2.45, 2.75) is 4.90 Å². The third kappa shape index (κ3) is 3.38. The molecule has 1 amide bonds.